The van der Waals surface area contributed by atoms with E-state index >= 15 is 0 Å². The zero-order chi connectivity index (χ0) is 8.97. The molecule has 0 fully saturated rings. The molecule has 0 bridgehead atoms. The lowest BCUT2D eigenvalue weighted by atomic mass is 10.1. The Morgan fingerprint density at radius 3 is 2.83 bits per heavy atom. The van der Waals surface area contributed by atoms with Crippen molar-refractivity contribution in [3.05, 3.63) is 29.3 Å². The van der Waals surface area contributed by atoms with Crippen molar-refractivity contribution in [2.24, 2.45) is 0 Å². The third kappa shape index (κ3) is 2.01. The van der Waals surface area contributed by atoms with Crippen molar-refractivity contribution in [1.29, 1.82) is 0 Å². The molecule has 1 aromatic carbocycles. The van der Waals surface area contributed by atoms with E-state index in [1.54, 1.807) is 12.1 Å². The summed E-state index contributed by atoms with van der Waals surface area (Å²) in [5.74, 6) is 0.774. The molecular formula is C9H10O2S. The second kappa shape index (κ2) is 4.16. The number of carbonyl (C=O) groups excluding carboxylic acids is 1. The van der Waals surface area contributed by atoms with Crippen LogP contribution in [-0.2, 0) is 6.42 Å². The first kappa shape index (κ1) is 9.13. The van der Waals surface area contributed by atoms with Gasteiger partial charge in [-0.05, 0) is 29.9 Å². The molecule has 0 radical (unpaired) electrons. The Bertz CT molecular complexity index is 284. The van der Waals surface area contributed by atoms with Gasteiger partial charge in [0.15, 0.2) is 6.29 Å². The van der Waals surface area contributed by atoms with E-state index in [0.717, 1.165) is 17.7 Å². The fourth-order valence-electron chi connectivity index (χ4n) is 0.983. The molecule has 3 heteroatoms. The summed E-state index contributed by atoms with van der Waals surface area (Å²) in [5, 5.41) is 9.15. The van der Waals surface area contributed by atoms with Gasteiger partial charge >= 0.3 is 0 Å². The Labute approximate surface area is 76.6 Å². The molecule has 2 nitrogen and oxygen atoms in total. The van der Waals surface area contributed by atoms with Gasteiger partial charge in [0, 0.05) is 0 Å². The molecule has 1 rings (SSSR count). The van der Waals surface area contributed by atoms with E-state index in [4.69, 9.17) is 5.11 Å². The number of aromatic hydroxyl groups is 1. The predicted octanol–water partition coefficient (Wildman–Crippen LogP) is 1.68. The highest BCUT2D eigenvalue weighted by atomic mass is 32.1. The van der Waals surface area contributed by atoms with Crippen molar-refractivity contribution in [3.63, 3.8) is 0 Å². The van der Waals surface area contributed by atoms with Gasteiger partial charge in [0.25, 0.3) is 0 Å². The molecule has 0 heterocycles. The summed E-state index contributed by atoms with van der Waals surface area (Å²) in [6.45, 7) is 0. The Morgan fingerprint density at radius 1 is 1.50 bits per heavy atom. The van der Waals surface area contributed by atoms with Crippen molar-refractivity contribution in [1.82, 2.24) is 0 Å². The number of aldehydes is 1. The summed E-state index contributed by atoms with van der Waals surface area (Å²) in [6, 6.07) is 5.00. The van der Waals surface area contributed by atoms with E-state index in [-0.39, 0.29) is 5.75 Å². The highest BCUT2D eigenvalue weighted by Crippen LogP contribution is 2.16. The van der Waals surface area contributed by atoms with Crippen LogP contribution in [0.25, 0.3) is 0 Å². The Morgan fingerprint density at radius 2 is 2.25 bits per heavy atom. The summed E-state index contributed by atoms with van der Waals surface area (Å²) in [4.78, 5) is 10.4. The zero-order valence-electron chi connectivity index (χ0n) is 6.53. The summed E-state index contributed by atoms with van der Waals surface area (Å²) >= 11 is 4.07. The molecule has 0 aliphatic carbocycles. The highest BCUT2D eigenvalue weighted by molar-refractivity contribution is 7.80. The van der Waals surface area contributed by atoms with Crippen LogP contribution in [0.4, 0.5) is 0 Å². The van der Waals surface area contributed by atoms with Crippen LogP contribution < -0.4 is 0 Å². The number of thiol groups is 1. The van der Waals surface area contributed by atoms with Gasteiger partial charge in [-0.3, -0.25) is 4.79 Å². The molecular weight excluding hydrogens is 172 g/mol. The lowest BCUT2D eigenvalue weighted by Crippen LogP contribution is -1.89. The molecule has 64 valence electrons. The van der Waals surface area contributed by atoms with Crippen LogP contribution in [0.2, 0.25) is 0 Å². The average molecular weight is 182 g/mol. The molecule has 12 heavy (non-hydrogen) atoms. The van der Waals surface area contributed by atoms with Crippen molar-refractivity contribution < 1.29 is 9.90 Å². The minimum absolute atomic E-state index is 0.0351. The number of hydrogen-bond donors (Lipinski definition) is 2. The largest absolute Gasteiger partial charge is 0.507 e. The molecule has 0 saturated carbocycles. The molecule has 0 spiro atoms. The van der Waals surface area contributed by atoms with Crippen LogP contribution in [0.15, 0.2) is 18.2 Å². The van der Waals surface area contributed by atoms with Crippen LogP contribution >= 0.6 is 12.6 Å². The molecule has 0 unspecified atom stereocenters. The first-order valence-electron chi connectivity index (χ1n) is 3.66. The van der Waals surface area contributed by atoms with Gasteiger partial charge in [-0.1, -0.05) is 6.07 Å². The van der Waals surface area contributed by atoms with Gasteiger partial charge in [-0.2, -0.15) is 12.6 Å². The normalized spacial score (nSPS) is 9.75. The minimum atomic E-state index is 0.0351. The number of hydrogen-bond acceptors (Lipinski definition) is 3. The minimum Gasteiger partial charge on any atom is -0.507 e. The summed E-state index contributed by atoms with van der Waals surface area (Å²) in [5.41, 5.74) is 1.36. The van der Waals surface area contributed by atoms with E-state index < -0.39 is 0 Å². The quantitative estimate of drug-likeness (QED) is 0.551. The number of carbonyl (C=O) groups is 1. The molecule has 0 amide bonds. The van der Waals surface area contributed by atoms with Gasteiger partial charge < -0.3 is 5.11 Å². The first-order chi connectivity index (χ1) is 5.77. The van der Waals surface area contributed by atoms with Gasteiger partial charge in [0.05, 0.1) is 5.56 Å². The number of rotatable bonds is 3. The molecule has 0 aliphatic heterocycles. The second-order valence-electron chi connectivity index (χ2n) is 2.48. The zero-order valence-corrected chi connectivity index (χ0v) is 7.42. The second-order valence-corrected chi connectivity index (χ2v) is 2.93. The van der Waals surface area contributed by atoms with Crippen LogP contribution in [0.5, 0.6) is 5.75 Å². The van der Waals surface area contributed by atoms with Gasteiger partial charge in [-0.15, -0.1) is 0 Å². The fourth-order valence-corrected chi connectivity index (χ4v) is 1.24. The molecule has 0 aliphatic rings. The number of phenols is 1. The lowest BCUT2D eigenvalue weighted by Gasteiger charge is -2.00. The van der Waals surface area contributed by atoms with Crippen LogP contribution in [0.1, 0.15) is 15.9 Å². The SMILES string of the molecule is O=Cc1cc(CCS)ccc1O. The Kier molecular flexibility index (Phi) is 3.17. The number of phenolic OH excluding ortho intramolecular Hbond substituents is 1. The van der Waals surface area contributed by atoms with E-state index in [1.165, 1.54) is 6.07 Å². The number of aryl methyl sites for hydroxylation is 1. The van der Waals surface area contributed by atoms with Crippen molar-refractivity contribution in [3.8, 4) is 5.75 Å². The monoisotopic (exact) mass is 182 g/mol. The summed E-state index contributed by atoms with van der Waals surface area (Å²) < 4.78 is 0. The van der Waals surface area contributed by atoms with E-state index in [2.05, 4.69) is 12.6 Å². The Balaban J connectivity index is 2.96. The maximum absolute atomic E-state index is 10.4. The lowest BCUT2D eigenvalue weighted by molar-refractivity contribution is 0.112. The standard InChI is InChI=1S/C9H10O2S/c10-6-8-5-7(3-4-12)1-2-9(8)11/h1-2,5-6,11-12H,3-4H2. The Hall–Kier alpha value is -0.960. The third-order valence-electron chi connectivity index (χ3n) is 1.62. The maximum atomic E-state index is 10.4. The molecule has 1 aromatic rings. The predicted molar refractivity (Wildman–Crippen MR) is 51.1 cm³/mol. The van der Waals surface area contributed by atoms with Gasteiger partial charge in [0.2, 0.25) is 0 Å². The first-order valence-corrected chi connectivity index (χ1v) is 4.29. The van der Waals surface area contributed by atoms with E-state index in [9.17, 15) is 4.79 Å². The van der Waals surface area contributed by atoms with Crippen molar-refractivity contribution in [2.75, 3.05) is 5.75 Å². The molecule has 0 saturated heterocycles. The van der Waals surface area contributed by atoms with Crippen LogP contribution in [-0.4, -0.2) is 17.1 Å². The van der Waals surface area contributed by atoms with E-state index in [0.29, 0.717) is 11.8 Å². The molecule has 0 atom stereocenters. The summed E-state index contributed by atoms with van der Waals surface area (Å²) in [6.07, 6.45) is 1.46. The maximum Gasteiger partial charge on any atom is 0.153 e. The summed E-state index contributed by atoms with van der Waals surface area (Å²) in [7, 11) is 0. The smallest absolute Gasteiger partial charge is 0.153 e. The van der Waals surface area contributed by atoms with Crippen molar-refractivity contribution in [2.45, 2.75) is 6.42 Å². The van der Waals surface area contributed by atoms with Crippen LogP contribution in [0, 0.1) is 0 Å². The number of benzene rings is 1. The third-order valence-corrected chi connectivity index (χ3v) is 1.84. The van der Waals surface area contributed by atoms with Crippen LogP contribution in [0.3, 0.4) is 0 Å². The van der Waals surface area contributed by atoms with Gasteiger partial charge in [-0.25, -0.2) is 0 Å². The topological polar surface area (TPSA) is 37.3 Å². The van der Waals surface area contributed by atoms with E-state index in [1.807, 2.05) is 0 Å². The molecule has 1 N–H and O–H groups in total. The fraction of sp³-hybridized carbons (Fsp3) is 0.222. The van der Waals surface area contributed by atoms with Gasteiger partial charge in [0.1, 0.15) is 5.75 Å². The van der Waals surface area contributed by atoms with Crippen molar-refractivity contribution >= 4 is 18.9 Å². The molecule has 0 aromatic heterocycles. The average Bonchev–Trinajstić information content (AvgIpc) is 2.09. The highest BCUT2D eigenvalue weighted by Gasteiger charge is 2.00.